The maximum absolute atomic E-state index is 11.9. The molecule has 9 heteroatoms. The Labute approximate surface area is 112 Å². The van der Waals surface area contributed by atoms with Gasteiger partial charge in [0, 0.05) is 11.6 Å². The van der Waals surface area contributed by atoms with Crippen LogP contribution in [0.2, 0.25) is 0 Å². The Balaban J connectivity index is 2.28. The van der Waals surface area contributed by atoms with E-state index < -0.39 is 22.8 Å². The van der Waals surface area contributed by atoms with Crippen molar-refractivity contribution >= 4 is 20.9 Å². The average Bonchev–Trinajstić information content (AvgIpc) is 2.36. The summed E-state index contributed by atoms with van der Waals surface area (Å²) in [5, 5.41) is 0.290. The molecule has 0 radical (unpaired) electrons. The molecular formula is C11H9F3N2O3S. The number of benzene rings is 1. The van der Waals surface area contributed by atoms with Crippen LogP contribution >= 0.6 is 0 Å². The highest BCUT2D eigenvalue weighted by Gasteiger charge is 2.29. The summed E-state index contributed by atoms with van der Waals surface area (Å²) in [5.41, 5.74) is 0.409. The quantitative estimate of drug-likeness (QED) is 0.877. The van der Waals surface area contributed by atoms with E-state index in [1.807, 2.05) is 0 Å². The van der Waals surface area contributed by atoms with Gasteiger partial charge in [-0.05, 0) is 24.3 Å². The zero-order valence-corrected chi connectivity index (χ0v) is 10.7. The van der Waals surface area contributed by atoms with Crippen molar-refractivity contribution in [2.24, 2.45) is 0 Å². The summed E-state index contributed by atoms with van der Waals surface area (Å²) >= 11 is 0. The van der Waals surface area contributed by atoms with Crippen molar-refractivity contribution in [3.63, 3.8) is 0 Å². The van der Waals surface area contributed by atoms with Gasteiger partial charge in [0.05, 0.1) is 10.4 Å². The first kappa shape index (κ1) is 14.7. The smallest absolute Gasteiger partial charge is 0.277 e. The Kier molecular flexibility index (Phi) is 3.93. The molecular weight excluding hydrogens is 297 g/mol. The van der Waals surface area contributed by atoms with E-state index in [9.17, 15) is 21.6 Å². The van der Waals surface area contributed by atoms with Gasteiger partial charge in [-0.2, -0.15) is 13.2 Å². The van der Waals surface area contributed by atoms with E-state index in [0.717, 1.165) is 0 Å². The van der Waals surface area contributed by atoms with E-state index in [-0.39, 0.29) is 10.3 Å². The van der Waals surface area contributed by atoms with E-state index >= 15 is 0 Å². The number of aromatic nitrogens is 1. The number of halogens is 3. The summed E-state index contributed by atoms with van der Waals surface area (Å²) in [4.78, 5) is 9.19. The van der Waals surface area contributed by atoms with E-state index in [1.54, 1.807) is 6.07 Å². The van der Waals surface area contributed by atoms with Crippen molar-refractivity contribution < 1.29 is 26.4 Å². The van der Waals surface area contributed by atoms with Crippen molar-refractivity contribution in [1.82, 2.24) is 9.87 Å². The van der Waals surface area contributed by atoms with Crippen LogP contribution in [0.5, 0.6) is 0 Å². The molecule has 0 saturated heterocycles. The molecule has 0 aliphatic rings. The number of pyridine rings is 1. The summed E-state index contributed by atoms with van der Waals surface area (Å²) in [5.74, 6) is 0. The zero-order valence-electron chi connectivity index (χ0n) is 9.89. The van der Waals surface area contributed by atoms with E-state index in [0.29, 0.717) is 5.52 Å². The van der Waals surface area contributed by atoms with Crippen LogP contribution in [0, 0.1) is 0 Å². The van der Waals surface area contributed by atoms with Gasteiger partial charge in [-0.3, -0.25) is 9.82 Å². The molecule has 1 aromatic heterocycles. The van der Waals surface area contributed by atoms with Crippen LogP contribution in [0.3, 0.4) is 0 Å². The van der Waals surface area contributed by atoms with E-state index in [1.165, 1.54) is 35.3 Å². The molecule has 108 valence electrons. The van der Waals surface area contributed by atoms with Crippen molar-refractivity contribution in [2.45, 2.75) is 11.1 Å². The second-order valence-electron chi connectivity index (χ2n) is 3.82. The van der Waals surface area contributed by atoms with E-state index in [2.05, 4.69) is 9.82 Å². The molecule has 1 N–H and O–H groups in total. The Morgan fingerprint density at radius 3 is 2.65 bits per heavy atom. The minimum Gasteiger partial charge on any atom is -0.277 e. The second-order valence-corrected chi connectivity index (χ2v) is 5.43. The number of alkyl halides is 3. The minimum atomic E-state index is -4.62. The predicted molar refractivity (Wildman–Crippen MR) is 64.1 cm³/mol. The molecule has 0 bridgehead atoms. The first-order valence-electron chi connectivity index (χ1n) is 5.34. The molecule has 0 unspecified atom stereocenters. The number of nitrogens with zero attached hydrogens (tertiary/aromatic N) is 1. The molecule has 0 saturated carbocycles. The van der Waals surface area contributed by atoms with Crippen LogP contribution in [-0.4, -0.2) is 26.2 Å². The number of sulfonamides is 1. The molecule has 1 heterocycles. The van der Waals surface area contributed by atoms with Gasteiger partial charge in [-0.1, -0.05) is 11.0 Å². The first-order valence-corrected chi connectivity index (χ1v) is 6.82. The van der Waals surface area contributed by atoms with Crippen molar-refractivity contribution in [2.75, 3.05) is 6.61 Å². The SMILES string of the molecule is O=S(=O)(NOCC(F)(F)F)c1cccc2ncccc12. The average molecular weight is 306 g/mol. The largest absolute Gasteiger partial charge is 0.413 e. The lowest BCUT2D eigenvalue weighted by Gasteiger charge is -2.10. The normalized spacial score (nSPS) is 12.8. The third kappa shape index (κ3) is 3.44. The summed E-state index contributed by atoms with van der Waals surface area (Å²) in [7, 11) is -4.22. The van der Waals surface area contributed by atoms with Crippen LogP contribution in [0.4, 0.5) is 13.2 Å². The van der Waals surface area contributed by atoms with Crippen LogP contribution < -0.4 is 4.89 Å². The summed E-state index contributed by atoms with van der Waals surface area (Å²) in [6, 6.07) is 7.31. The monoisotopic (exact) mass is 306 g/mol. The molecule has 0 fully saturated rings. The van der Waals surface area contributed by atoms with Gasteiger partial charge in [0.15, 0.2) is 6.61 Å². The standard InChI is InChI=1S/C11H9F3N2O3S/c12-11(13,14)7-19-16-20(17,18)10-5-1-4-9-8(10)3-2-6-15-9/h1-6,16H,7H2. The molecule has 1 aromatic carbocycles. The molecule has 2 rings (SSSR count). The minimum absolute atomic E-state index is 0.203. The third-order valence-electron chi connectivity index (χ3n) is 2.30. The van der Waals surface area contributed by atoms with Gasteiger partial charge in [-0.25, -0.2) is 8.42 Å². The van der Waals surface area contributed by atoms with E-state index in [4.69, 9.17) is 0 Å². The van der Waals surface area contributed by atoms with Gasteiger partial charge in [0.25, 0.3) is 10.0 Å². The lowest BCUT2D eigenvalue weighted by molar-refractivity contribution is -0.181. The number of nitrogens with one attached hydrogen (secondary N) is 1. The third-order valence-corrected chi connectivity index (χ3v) is 3.57. The predicted octanol–water partition coefficient (Wildman–Crippen LogP) is 2.01. The lowest BCUT2D eigenvalue weighted by Crippen LogP contribution is -2.29. The highest BCUT2D eigenvalue weighted by molar-refractivity contribution is 7.89. The summed E-state index contributed by atoms with van der Waals surface area (Å²) in [6.07, 6.45) is -3.14. The number of fused-ring (bicyclic) bond motifs is 1. The maximum Gasteiger partial charge on any atom is 0.413 e. The molecule has 20 heavy (non-hydrogen) atoms. The molecule has 0 amide bonds. The number of hydrogen-bond acceptors (Lipinski definition) is 4. The zero-order chi connectivity index (χ0) is 14.8. The van der Waals surface area contributed by atoms with Crippen molar-refractivity contribution in [3.8, 4) is 0 Å². The summed E-state index contributed by atoms with van der Waals surface area (Å²) < 4.78 is 59.6. The Hall–Kier alpha value is -1.71. The number of hydrogen-bond donors (Lipinski definition) is 1. The Bertz CT molecular complexity index is 711. The highest BCUT2D eigenvalue weighted by Crippen LogP contribution is 2.21. The van der Waals surface area contributed by atoms with Crippen LogP contribution in [0.1, 0.15) is 0 Å². The van der Waals surface area contributed by atoms with Gasteiger partial charge in [-0.15, -0.1) is 0 Å². The lowest BCUT2D eigenvalue weighted by atomic mass is 10.2. The maximum atomic E-state index is 11.9. The molecule has 0 aliphatic carbocycles. The molecule has 5 nitrogen and oxygen atoms in total. The molecule has 0 spiro atoms. The molecule has 2 aromatic rings. The fourth-order valence-electron chi connectivity index (χ4n) is 1.54. The van der Waals surface area contributed by atoms with Gasteiger partial charge in [0.1, 0.15) is 0 Å². The van der Waals surface area contributed by atoms with Gasteiger partial charge >= 0.3 is 6.18 Å². The first-order chi connectivity index (χ1) is 9.30. The second kappa shape index (κ2) is 5.35. The Morgan fingerprint density at radius 1 is 1.20 bits per heavy atom. The van der Waals surface area contributed by atoms with Crippen molar-refractivity contribution in [1.29, 1.82) is 0 Å². The van der Waals surface area contributed by atoms with Crippen LogP contribution in [-0.2, 0) is 14.9 Å². The Morgan fingerprint density at radius 2 is 1.95 bits per heavy atom. The fraction of sp³-hybridized carbons (Fsp3) is 0.182. The van der Waals surface area contributed by atoms with Gasteiger partial charge < -0.3 is 0 Å². The van der Waals surface area contributed by atoms with Crippen molar-refractivity contribution in [3.05, 3.63) is 36.5 Å². The number of rotatable bonds is 4. The van der Waals surface area contributed by atoms with Crippen LogP contribution in [0.25, 0.3) is 10.9 Å². The topological polar surface area (TPSA) is 68.3 Å². The fourth-order valence-corrected chi connectivity index (χ4v) is 2.57. The highest BCUT2D eigenvalue weighted by atomic mass is 32.2. The molecule has 0 atom stereocenters. The summed E-state index contributed by atoms with van der Waals surface area (Å²) in [6.45, 7) is -1.71. The van der Waals surface area contributed by atoms with Gasteiger partial charge in [0.2, 0.25) is 0 Å². The molecule has 0 aliphatic heterocycles. The van der Waals surface area contributed by atoms with Crippen LogP contribution in [0.15, 0.2) is 41.4 Å².